The van der Waals surface area contributed by atoms with Crippen molar-refractivity contribution in [3.8, 4) is 22.6 Å². The monoisotopic (exact) mass is 590 g/mol. The number of rotatable bonds is 12. The van der Waals surface area contributed by atoms with Crippen LogP contribution >= 0.6 is 0 Å². The Morgan fingerprint density at radius 2 is 1.70 bits per heavy atom. The largest absolute Gasteiger partial charge is 0.493 e. The van der Waals surface area contributed by atoms with Crippen LogP contribution in [0.15, 0.2) is 66.6 Å². The van der Waals surface area contributed by atoms with Crippen molar-refractivity contribution in [2.24, 2.45) is 0 Å². The van der Waals surface area contributed by atoms with E-state index in [0.717, 1.165) is 79.3 Å². The Morgan fingerprint density at radius 1 is 0.930 bits per heavy atom. The van der Waals surface area contributed by atoms with E-state index < -0.39 is 11.6 Å². The van der Waals surface area contributed by atoms with Crippen LogP contribution in [0, 0.1) is 11.6 Å². The minimum Gasteiger partial charge on any atom is -0.493 e. The van der Waals surface area contributed by atoms with Gasteiger partial charge in [0.25, 0.3) is 0 Å². The number of methoxy groups -OCH3 is 2. The molecule has 1 saturated heterocycles. The van der Waals surface area contributed by atoms with Crippen LogP contribution in [-0.4, -0.2) is 44.4 Å². The molecule has 7 heteroatoms. The van der Waals surface area contributed by atoms with Gasteiger partial charge in [0.2, 0.25) is 0 Å². The molecule has 1 aliphatic heterocycles. The fraction of sp³-hybridized carbons (Fsp3) is 0.444. The van der Waals surface area contributed by atoms with Crippen molar-refractivity contribution in [2.75, 3.05) is 32.2 Å². The van der Waals surface area contributed by atoms with E-state index in [-0.39, 0.29) is 12.1 Å². The first-order chi connectivity index (χ1) is 20.8. The number of benzene rings is 3. The van der Waals surface area contributed by atoms with Crippen molar-refractivity contribution in [1.29, 1.82) is 0 Å². The zero-order valence-electron chi connectivity index (χ0n) is 26.0. The predicted molar refractivity (Wildman–Crippen MR) is 169 cm³/mol. The minimum absolute atomic E-state index is 0.104. The van der Waals surface area contributed by atoms with Crippen LogP contribution in [0.2, 0.25) is 0 Å². The summed E-state index contributed by atoms with van der Waals surface area (Å²) < 4.78 is 46.0. The first kappa shape index (κ1) is 30.7. The fourth-order valence-corrected chi connectivity index (χ4v) is 6.06. The van der Waals surface area contributed by atoms with Crippen LogP contribution in [0.3, 0.4) is 0 Å². The van der Waals surface area contributed by atoms with Gasteiger partial charge < -0.3 is 24.0 Å². The Labute approximate surface area is 255 Å². The quantitative estimate of drug-likeness (QED) is 0.197. The molecule has 1 saturated carbocycles. The van der Waals surface area contributed by atoms with Crippen LogP contribution in [0.1, 0.15) is 69.9 Å². The van der Waals surface area contributed by atoms with Gasteiger partial charge in [0.15, 0.2) is 29.0 Å². The van der Waals surface area contributed by atoms with E-state index in [2.05, 4.69) is 53.1 Å². The summed E-state index contributed by atoms with van der Waals surface area (Å²) >= 11 is 0. The normalized spacial score (nSPS) is 16.0. The Morgan fingerprint density at radius 3 is 2.33 bits per heavy atom. The zero-order valence-corrected chi connectivity index (χ0v) is 26.0. The van der Waals surface area contributed by atoms with Crippen LogP contribution in [0.4, 0.5) is 14.5 Å². The van der Waals surface area contributed by atoms with Gasteiger partial charge in [-0.2, -0.15) is 0 Å². The molecule has 3 aromatic rings. The molecular formula is C36H44F2N2O3. The lowest BCUT2D eigenvalue weighted by Crippen LogP contribution is -2.45. The summed E-state index contributed by atoms with van der Waals surface area (Å²) in [6.45, 7) is 8.45. The summed E-state index contributed by atoms with van der Waals surface area (Å²) in [7, 11) is 3.37. The van der Waals surface area contributed by atoms with Gasteiger partial charge >= 0.3 is 0 Å². The van der Waals surface area contributed by atoms with Crippen LogP contribution < -0.4 is 14.4 Å². The molecule has 0 unspecified atom stereocenters. The number of nitrogens with zero attached hydrogens (tertiary/aromatic N) is 2. The van der Waals surface area contributed by atoms with E-state index in [0.29, 0.717) is 18.2 Å². The molecule has 0 radical (unpaired) electrons. The van der Waals surface area contributed by atoms with Gasteiger partial charge in [-0.1, -0.05) is 25.1 Å². The molecule has 43 heavy (non-hydrogen) atoms. The molecule has 0 N–H and O–H groups in total. The van der Waals surface area contributed by atoms with Gasteiger partial charge in [-0.3, -0.25) is 0 Å². The van der Waals surface area contributed by atoms with E-state index in [1.807, 2.05) is 19.9 Å². The van der Waals surface area contributed by atoms with Gasteiger partial charge in [-0.25, -0.2) is 8.78 Å². The first-order valence-corrected chi connectivity index (χ1v) is 15.5. The molecule has 2 aliphatic rings. The van der Waals surface area contributed by atoms with E-state index in [1.165, 1.54) is 17.7 Å². The number of allylic oxidation sites excluding steroid dienone is 1. The number of hydrogen-bond acceptors (Lipinski definition) is 5. The standard InChI is InChI=1S/C36H44F2N2O3/c1-6-8-35(43-24(2)3)39-17-15-29(16-18-39)40(30-13-14-32(37)33(38)22-30)23-25-9-7-10-27(19-25)28-20-31(26-11-12-26)36(42-5)34(21-28)41-4/h7-10,13-14,19-22,24,26,29H,6,11-12,15-18,23H2,1-5H3/b35-8-. The highest BCUT2D eigenvalue weighted by Gasteiger charge is 2.30. The third kappa shape index (κ3) is 7.26. The van der Waals surface area contributed by atoms with Crippen LogP contribution in [0.5, 0.6) is 11.5 Å². The predicted octanol–water partition coefficient (Wildman–Crippen LogP) is 8.67. The maximum Gasteiger partial charge on any atom is 0.185 e. The molecule has 1 aliphatic carbocycles. The maximum atomic E-state index is 14.5. The van der Waals surface area contributed by atoms with E-state index in [9.17, 15) is 8.78 Å². The molecule has 0 atom stereocenters. The number of ether oxygens (including phenoxy) is 3. The molecule has 0 spiro atoms. The summed E-state index contributed by atoms with van der Waals surface area (Å²) in [4.78, 5) is 4.54. The van der Waals surface area contributed by atoms with Crippen molar-refractivity contribution in [2.45, 2.75) is 77.5 Å². The van der Waals surface area contributed by atoms with E-state index in [1.54, 1.807) is 20.3 Å². The number of piperidine rings is 1. The van der Waals surface area contributed by atoms with Crippen molar-refractivity contribution in [3.05, 3.63) is 89.3 Å². The molecular weight excluding hydrogens is 546 g/mol. The highest BCUT2D eigenvalue weighted by Crippen LogP contribution is 2.49. The second kappa shape index (κ2) is 13.7. The Hall–Kier alpha value is -3.74. The number of likely N-dealkylation sites (tertiary alicyclic amines) is 1. The molecule has 0 aromatic heterocycles. The average molecular weight is 591 g/mol. The Kier molecular flexibility index (Phi) is 9.79. The van der Waals surface area contributed by atoms with Gasteiger partial charge in [-0.15, -0.1) is 0 Å². The van der Waals surface area contributed by atoms with Gasteiger partial charge in [0.1, 0.15) is 0 Å². The summed E-state index contributed by atoms with van der Waals surface area (Å²) in [5.74, 6) is 1.33. The number of halogens is 2. The number of hydrogen-bond donors (Lipinski definition) is 0. The second-order valence-electron chi connectivity index (χ2n) is 11.8. The highest BCUT2D eigenvalue weighted by atomic mass is 19.2. The maximum absolute atomic E-state index is 14.5. The summed E-state index contributed by atoms with van der Waals surface area (Å²) in [5.41, 5.74) is 5.14. The molecule has 5 rings (SSSR count). The van der Waals surface area contributed by atoms with Crippen molar-refractivity contribution in [1.82, 2.24) is 4.90 Å². The molecule has 2 fully saturated rings. The fourth-order valence-electron chi connectivity index (χ4n) is 6.06. The molecule has 0 bridgehead atoms. The summed E-state index contributed by atoms with van der Waals surface area (Å²) in [6, 6.07) is 17.1. The zero-order chi connectivity index (χ0) is 30.5. The van der Waals surface area contributed by atoms with Crippen molar-refractivity contribution < 1.29 is 23.0 Å². The first-order valence-electron chi connectivity index (χ1n) is 15.5. The molecule has 3 aromatic carbocycles. The Bertz CT molecular complexity index is 1430. The lowest BCUT2D eigenvalue weighted by atomic mass is 9.97. The topological polar surface area (TPSA) is 34.2 Å². The highest BCUT2D eigenvalue weighted by molar-refractivity contribution is 5.70. The summed E-state index contributed by atoms with van der Waals surface area (Å²) in [5, 5.41) is 0. The minimum atomic E-state index is -0.833. The lowest BCUT2D eigenvalue weighted by molar-refractivity contribution is 0.0578. The van der Waals surface area contributed by atoms with E-state index >= 15 is 0 Å². The summed E-state index contributed by atoms with van der Waals surface area (Å²) in [6.07, 6.45) is 7.22. The van der Waals surface area contributed by atoms with Crippen molar-refractivity contribution in [3.63, 3.8) is 0 Å². The van der Waals surface area contributed by atoms with Crippen LogP contribution in [0.25, 0.3) is 11.1 Å². The number of anilines is 1. The molecule has 5 nitrogen and oxygen atoms in total. The van der Waals surface area contributed by atoms with Crippen LogP contribution in [-0.2, 0) is 11.3 Å². The van der Waals surface area contributed by atoms with Crippen molar-refractivity contribution >= 4 is 5.69 Å². The van der Waals surface area contributed by atoms with Gasteiger partial charge in [0, 0.05) is 43.0 Å². The van der Waals surface area contributed by atoms with Gasteiger partial charge in [-0.05, 0) is 105 Å². The second-order valence-corrected chi connectivity index (χ2v) is 11.8. The third-order valence-corrected chi connectivity index (χ3v) is 8.32. The van der Waals surface area contributed by atoms with Gasteiger partial charge in [0.05, 0.1) is 20.3 Å². The average Bonchev–Trinajstić information content (AvgIpc) is 3.86. The molecule has 0 amide bonds. The Balaban J connectivity index is 1.42. The lowest BCUT2D eigenvalue weighted by Gasteiger charge is -2.41. The van der Waals surface area contributed by atoms with E-state index in [4.69, 9.17) is 14.2 Å². The third-order valence-electron chi connectivity index (χ3n) is 8.32. The molecule has 1 heterocycles. The smallest absolute Gasteiger partial charge is 0.185 e. The SMILES string of the molecule is CC/C=C(\OC(C)C)N1CCC(N(Cc2cccc(-c3cc(OC)c(OC)c(C4CC4)c3)c2)c2ccc(F)c(F)c2)CC1. The molecule has 230 valence electrons.